The molecule has 0 amide bonds. The van der Waals surface area contributed by atoms with E-state index in [9.17, 15) is 0 Å². The van der Waals surface area contributed by atoms with Crippen molar-refractivity contribution in [2.45, 2.75) is 6.42 Å². The SMILES string of the molecule is NNc1cc(NCCc2ccccn2)ccn1. The minimum atomic E-state index is 0.646. The molecule has 0 aromatic carbocycles. The van der Waals surface area contributed by atoms with Crippen molar-refractivity contribution < 1.29 is 0 Å². The molecule has 0 bridgehead atoms. The molecule has 17 heavy (non-hydrogen) atoms. The predicted molar refractivity (Wildman–Crippen MR) is 68.5 cm³/mol. The number of hydrogen-bond donors (Lipinski definition) is 3. The molecule has 5 nitrogen and oxygen atoms in total. The van der Waals surface area contributed by atoms with Crippen LogP contribution in [0, 0.1) is 0 Å². The molecule has 0 saturated carbocycles. The van der Waals surface area contributed by atoms with Gasteiger partial charge in [0.25, 0.3) is 0 Å². The van der Waals surface area contributed by atoms with Gasteiger partial charge in [-0.15, -0.1) is 0 Å². The van der Waals surface area contributed by atoms with Gasteiger partial charge in [0.05, 0.1) is 0 Å². The summed E-state index contributed by atoms with van der Waals surface area (Å²) < 4.78 is 0. The highest BCUT2D eigenvalue weighted by Crippen LogP contribution is 2.10. The van der Waals surface area contributed by atoms with E-state index in [4.69, 9.17) is 5.84 Å². The van der Waals surface area contributed by atoms with Gasteiger partial charge >= 0.3 is 0 Å². The lowest BCUT2D eigenvalue weighted by Gasteiger charge is -2.07. The van der Waals surface area contributed by atoms with Crippen molar-refractivity contribution >= 4 is 11.5 Å². The van der Waals surface area contributed by atoms with Crippen LogP contribution in [0.25, 0.3) is 0 Å². The summed E-state index contributed by atoms with van der Waals surface area (Å²) in [6, 6.07) is 9.68. The first kappa shape index (κ1) is 11.3. The average Bonchev–Trinajstić information content (AvgIpc) is 2.40. The molecule has 0 fully saturated rings. The van der Waals surface area contributed by atoms with Crippen molar-refractivity contribution in [3.8, 4) is 0 Å². The van der Waals surface area contributed by atoms with Crippen LogP contribution in [0.1, 0.15) is 5.69 Å². The summed E-state index contributed by atoms with van der Waals surface area (Å²) in [7, 11) is 0. The molecule has 88 valence electrons. The third-order valence-corrected chi connectivity index (χ3v) is 2.34. The van der Waals surface area contributed by atoms with E-state index in [0.717, 1.165) is 24.3 Å². The first-order valence-corrected chi connectivity index (χ1v) is 5.45. The number of nitrogen functional groups attached to an aromatic ring is 1. The van der Waals surface area contributed by atoms with Crippen LogP contribution >= 0.6 is 0 Å². The first-order valence-electron chi connectivity index (χ1n) is 5.45. The van der Waals surface area contributed by atoms with Gasteiger partial charge in [0, 0.05) is 42.8 Å². The van der Waals surface area contributed by atoms with Gasteiger partial charge in [-0.1, -0.05) is 6.07 Å². The molecule has 0 aliphatic rings. The Morgan fingerprint density at radius 1 is 1.12 bits per heavy atom. The number of nitrogens with two attached hydrogens (primary N) is 1. The van der Waals surface area contributed by atoms with Gasteiger partial charge in [0.1, 0.15) is 5.82 Å². The van der Waals surface area contributed by atoms with E-state index in [-0.39, 0.29) is 0 Å². The van der Waals surface area contributed by atoms with Gasteiger partial charge in [-0.3, -0.25) is 4.98 Å². The molecule has 0 saturated heterocycles. The van der Waals surface area contributed by atoms with Crippen molar-refractivity contribution in [1.82, 2.24) is 9.97 Å². The van der Waals surface area contributed by atoms with E-state index in [1.165, 1.54) is 0 Å². The van der Waals surface area contributed by atoms with Crippen LogP contribution in [0.15, 0.2) is 42.7 Å². The zero-order valence-corrected chi connectivity index (χ0v) is 9.43. The Kier molecular flexibility index (Phi) is 3.88. The Morgan fingerprint density at radius 3 is 2.82 bits per heavy atom. The first-order chi connectivity index (χ1) is 8.38. The largest absolute Gasteiger partial charge is 0.384 e. The fraction of sp³-hybridized carbons (Fsp3) is 0.167. The zero-order valence-electron chi connectivity index (χ0n) is 9.43. The number of pyridine rings is 2. The number of nitrogens with one attached hydrogen (secondary N) is 2. The van der Waals surface area contributed by atoms with E-state index < -0.39 is 0 Å². The van der Waals surface area contributed by atoms with Crippen LogP contribution in [0.4, 0.5) is 11.5 Å². The molecular weight excluding hydrogens is 214 g/mol. The van der Waals surface area contributed by atoms with Gasteiger partial charge in [-0.25, -0.2) is 10.8 Å². The summed E-state index contributed by atoms with van der Waals surface area (Å²) in [5.74, 6) is 5.93. The molecule has 2 aromatic rings. The molecule has 0 spiro atoms. The quantitative estimate of drug-likeness (QED) is 0.534. The Labute approximate surface area is 100 Å². The predicted octanol–water partition coefficient (Wildman–Crippen LogP) is 1.42. The maximum absolute atomic E-state index is 5.29. The molecule has 0 atom stereocenters. The Bertz CT molecular complexity index is 457. The normalized spacial score (nSPS) is 9.94. The Balaban J connectivity index is 1.86. The number of anilines is 2. The number of nitrogens with zero attached hydrogens (tertiary/aromatic N) is 2. The second-order valence-corrected chi connectivity index (χ2v) is 3.57. The number of hydrazine groups is 1. The van der Waals surface area contributed by atoms with Crippen molar-refractivity contribution in [2.24, 2.45) is 5.84 Å². The standard InChI is InChI=1S/C12H15N5/c13-17-12-9-11(5-8-16-12)15-7-4-10-3-1-2-6-14-10/h1-3,5-6,8-9H,4,7,13H2,(H2,15,16,17). The van der Waals surface area contributed by atoms with Crippen molar-refractivity contribution in [3.05, 3.63) is 48.4 Å². The van der Waals surface area contributed by atoms with E-state index in [2.05, 4.69) is 20.7 Å². The maximum Gasteiger partial charge on any atom is 0.141 e. The van der Waals surface area contributed by atoms with Gasteiger partial charge in [-0.2, -0.15) is 0 Å². The Morgan fingerprint density at radius 2 is 2.06 bits per heavy atom. The van der Waals surface area contributed by atoms with Crippen LogP contribution in [0.2, 0.25) is 0 Å². The topological polar surface area (TPSA) is 75.9 Å². The number of aromatic nitrogens is 2. The van der Waals surface area contributed by atoms with Gasteiger partial charge in [0.2, 0.25) is 0 Å². The number of hydrogen-bond acceptors (Lipinski definition) is 5. The minimum Gasteiger partial charge on any atom is -0.384 e. The fourth-order valence-corrected chi connectivity index (χ4v) is 1.50. The average molecular weight is 229 g/mol. The molecule has 4 N–H and O–H groups in total. The molecule has 5 heteroatoms. The van der Waals surface area contributed by atoms with Crippen LogP contribution in [-0.4, -0.2) is 16.5 Å². The van der Waals surface area contributed by atoms with Crippen molar-refractivity contribution in [3.63, 3.8) is 0 Å². The van der Waals surface area contributed by atoms with Crippen molar-refractivity contribution in [1.29, 1.82) is 0 Å². The van der Waals surface area contributed by atoms with Crippen LogP contribution in [0.5, 0.6) is 0 Å². The van der Waals surface area contributed by atoms with Gasteiger partial charge in [0.15, 0.2) is 0 Å². The monoisotopic (exact) mass is 229 g/mol. The lowest BCUT2D eigenvalue weighted by Crippen LogP contribution is -2.10. The molecule has 0 aliphatic heterocycles. The van der Waals surface area contributed by atoms with E-state index in [0.29, 0.717) is 5.82 Å². The summed E-state index contributed by atoms with van der Waals surface area (Å²) in [4.78, 5) is 8.29. The van der Waals surface area contributed by atoms with E-state index in [1.54, 1.807) is 12.4 Å². The Hall–Kier alpha value is -2.14. The second kappa shape index (κ2) is 5.81. The molecule has 2 heterocycles. The van der Waals surface area contributed by atoms with E-state index >= 15 is 0 Å². The van der Waals surface area contributed by atoms with Crippen LogP contribution < -0.4 is 16.6 Å². The smallest absolute Gasteiger partial charge is 0.141 e. The molecule has 0 aliphatic carbocycles. The zero-order chi connectivity index (χ0) is 11.9. The van der Waals surface area contributed by atoms with Gasteiger partial charge < -0.3 is 10.7 Å². The highest BCUT2D eigenvalue weighted by atomic mass is 15.2. The third-order valence-electron chi connectivity index (χ3n) is 2.34. The van der Waals surface area contributed by atoms with E-state index in [1.807, 2.05) is 30.3 Å². The van der Waals surface area contributed by atoms with Gasteiger partial charge in [-0.05, 0) is 18.2 Å². The van der Waals surface area contributed by atoms with Crippen molar-refractivity contribution in [2.75, 3.05) is 17.3 Å². The number of rotatable bonds is 5. The highest BCUT2D eigenvalue weighted by Gasteiger charge is 1.96. The minimum absolute atomic E-state index is 0.646. The maximum atomic E-state index is 5.29. The third kappa shape index (κ3) is 3.42. The molecule has 0 unspecified atom stereocenters. The second-order valence-electron chi connectivity index (χ2n) is 3.57. The molecule has 2 aromatic heterocycles. The summed E-state index contributed by atoms with van der Waals surface area (Å²) in [6.45, 7) is 0.824. The molecule has 0 radical (unpaired) electrons. The summed E-state index contributed by atoms with van der Waals surface area (Å²) in [5.41, 5.74) is 4.58. The highest BCUT2D eigenvalue weighted by molar-refractivity contribution is 5.51. The summed E-state index contributed by atoms with van der Waals surface area (Å²) >= 11 is 0. The van der Waals surface area contributed by atoms with Crippen LogP contribution in [0.3, 0.4) is 0 Å². The summed E-state index contributed by atoms with van der Waals surface area (Å²) in [5, 5.41) is 3.29. The summed E-state index contributed by atoms with van der Waals surface area (Å²) in [6.07, 6.45) is 4.39. The fourth-order valence-electron chi connectivity index (χ4n) is 1.50. The lowest BCUT2D eigenvalue weighted by molar-refractivity contribution is 0.961. The molecule has 2 rings (SSSR count). The molecular formula is C12H15N5. The lowest BCUT2D eigenvalue weighted by atomic mass is 10.2. The van der Waals surface area contributed by atoms with Crippen LogP contribution in [-0.2, 0) is 6.42 Å².